The Labute approximate surface area is 324 Å². The number of unbranched alkanes of at least 4 members (excludes halogenated alkanes) is 4. The molecule has 5 aliphatic rings. The van der Waals surface area contributed by atoms with Crippen molar-refractivity contribution in [3.63, 3.8) is 0 Å². The van der Waals surface area contributed by atoms with Gasteiger partial charge in [0.15, 0.2) is 11.8 Å². The number of nitrogens with one attached hydrogen (secondary N) is 1. The van der Waals surface area contributed by atoms with Gasteiger partial charge in [-0.1, -0.05) is 94.1 Å². The number of aliphatic hydroxyl groups is 1. The Morgan fingerprint density at radius 3 is 2.40 bits per heavy atom. The van der Waals surface area contributed by atoms with Crippen molar-refractivity contribution in [1.29, 1.82) is 0 Å². The summed E-state index contributed by atoms with van der Waals surface area (Å²) in [6.45, 7) is 4.76. The number of phenols is 1. The Kier molecular flexibility index (Phi) is 12.3. The van der Waals surface area contributed by atoms with Crippen LogP contribution < -0.4 is 5.32 Å². The number of ether oxygens (including phenoxy) is 3. The number of fused-ring (bicyclic) bond motifs is 4. The Morgan fingerprint density at radius 2 is 1.67 bits per heavy atom. The second-order valence-electron chi connectivity index (χ2n) is 15.8. The number of carbonyl (C=O) groups excluding carboxylic acids is 3. The highest BCUT2D eigenvalue weighted by molar-refractivity contribution is 5.96. The smallest absolute Gasteiger partial charge is 0.327 e. The molecule has 5 fully saturated rings. The van der Waals surface area contributed by atoms with Crippen molar-refractivity contribution in [3.8, 4) is 5.75 Å². The molecule has 4 saturated heterocycles. The molecule has 3 N–H and O–H groups in total. The lowest BCUT2D eigenvalue weighted by atomic mass is 9.62. The lowest BCUT2D eigenvalue weighted by molar-refractivity contribution is -0.225. The average Bonchev–Trinajstić information content (AvgIpc) is 3.91. The summed E-state index contributed by atoms with van der Waals surface area (Å²) in [6, 6.07) is 13.3. The van der Waals surface area contributed by atoms with Gasteiger partial charge in [-0.15, -0.1) is 0 Å². The molecule has 12 nitrogen and oxygen atoms in total. The summed E-state index contributed by atoms with van der Waals surface area (Å²) < 4.78 is 20.2. The van der Waals surface area contributed by atoms with E-state index in [2.05, 4.69) is 19.2 Å². The molecule has 2 amide bonds. The number of para-hydroxylation sites is 1. The van der Waals surface area contributed by atoms with Crippen LogP contribution in [0.15, 0.2) is 54.6 Å². The monoisotopic (exact) mass is 759 g/mol. The van der Waals surface area contributed by atoms with Gasteiger partial charge in [0, 0.05) is 32.4 Å². The van der Waals surface area contributed by atoms with Crippen LogP contribution in [0.3, 0.4) is 0 Å². The summed E-state index contributed by atoms with van der Waals surface area (Å²) in [5.41, 5.74) is 1.21. The number of amides is 2. The van der Waals surface area contributed by atoms with Crippen molar-refractivity contribution in [3.05, 3.63) is 71.3 Å². The maximum absolute atomic E-state index is 15.3. The standard InChI is InChI=1S/C43H57N3O9/c1-3-5-11-22-42(23-12-6-4-2)53-35-34-27-43(41(51)45-25-14-20-32(45)39(49)44-24-26-47)37(40(50)52-34)46(55-38(43)36(35)54-42)28-31-17-8-7-15-29(31)18-13-19-30-16-9-10-21-33(30)48/h7-10,13,15-18,21,32,34-38,47-48H,3-6,11-12,14,19-20,22-28H2,1-2H3,(H,44,49). The summed E-state index contributed by atoms with van der Waals surface area (Å²) in [5.74, 6) is -1.82. The zero-order chi connectivity index (χ0) is 38.6. The number of esters is 1. The van der Waals surface area contributed by atoms with Crippen molar-refractivity contribution < 1.29 is 43.6 Å². The number of hydrogen-bond donors (Lipinski definition) is 3. The first-order chi connectivity index (χ1) is 26.7. The fourth-order valence-corrected chi connectivity index (χ4v) is 9.53. The van der Waals surface area contributed by atoms with Gasteiger partial charge in [0.2, 0.25) is 11.8 Å². The van der Waals surface area contributed by atoms with Crippen molar-refractivity contribution in [2.75, 3.05) is 19.7 Å². The molecule has 7 unspecified atom stereocenters. The van der Waals surface area contributed by atoms with E-state index in [9.17, 15) is 19.8 Å². The van der Waals surface area contributed by atoms with Gasteiger partial charge >= 0.3 is 5.97 Å². The van der Waals surface area contributed by atoms with Crippen LogP contribution in [-0.4, -0.2) is 99.9 Å². The topological polar surface area (TPSA) is 147 Å². The van der Waals surface area contributed by atoms with Gasteiger partial charge in [-0.25, -0.2) is 0 Å². The third kappa shape index (κ3) is 7.68. The Bertz CT molecular complexity index is 1710. The van der Waals surface area contributed by atoms with Gasteiger partial charge in [-0.05, 0) is 54.9 Å². The van der Waals surface area contributed by atoms with Crippen LogP contribution in [0, 0.1) is 5.41 Å². The predicted octanol–water partition coefficient (Wildman–Crippen LogP) is 5.19. The Balaban J connectivity index is 1.24. The molecule has 0 spiro atoms. The molecule has 4 heterocycles. The van der Waals surface area contributed by atoms with E-state index in [-0.39, 0.29) is 43.7 Å². The number of hydrogen-bond acceptors (Lipinski definition) is 10. The van der Waals surface area contributed by atoms with Crippen LogP contribution in [0.25, 0.3) is 6.08 Å². The highest BCUT2D eigenvalue weighted by Crippen LogP contribution is 2.59. The van der Waals surface area contributed by atoms with Gasteiger partial charge in [0.1, 0.15) is 41.6 Å². The zero-order valence-corrected chi connectivity index (χ0v) is 32.2. The quantitative estimate of drug-likeness (QED) is 0.146. The second-order valence-corrected chi connectivity index (χ2v) is 15.8. The predicted molar refractivity (Wildman–Crippen MR) is 204 cm³/mol. The summed E-state index contributed by atoms with van der Waals surface area (Å²) >= 11 is 0. The number of allylic oxidation sites excluding steroid dienone is 1. The number of aliphatic hydroxyl groups excluding tert-OH is 1. The molecule has 7 atom stereocenters. The lowest BCUT2D eigenvalue weighted by Gasteiger charge is -2.50. The molecule has 2 bridgehead atoms. The number of benzene rings is 2. The molecule has 0 radical (unpaired) electrons. The first-order valence-electron chi connectivity index (χ1n) is 20.5. The Morgan fingerprint density at radius 1 is 0.964 bits per heavy atom. The van der Waals surface area contributed by atoms with E-state index in [0.29, 0.717) is 38.6 Å². The first-order valence-corrected chi connectivity index (χ1v) is 20.5. The van der Waals surface area contributed by atoms with E-state index in [1.807, 2.05) is 48.6 Å². The maximum Gasteiger partial charge on any atom is 0.327 e. The zero-order valence-electron chi connectivity index (χ0n) is 32.2. The van der Waals surface area contributed by atoms with Crippen molar-refractivity contribution >= 4 is 23.9 Å². The number of carbonyl (C=O) groups is 3. The molecule has 1 saturated carbocycles. The number of rotatable bonds is 17. The van der Waals surface area contributed by atoms with Crippen LogP contribution in [0.4, 0.5) is 0 Å². The highest BCUT2D eigenvalue weighted by atomic mass is 16.8. The van der Waals surface area contributed by atoms with E-state index in [4.69, 9.17) is 19.0 Å². The maximum atomic E-state index is 15.3. The van der Waals surface area contributed by atoms with Crippen LogP contribution in [0.5, 0.6) is 5.75 Å². The molecule has 12 heteroatoms. The molecule has 1 aliphatic carbocycles. The fraction of sp³-hybridized carbons (Fsp3) is 0.605. The number of phenolic OH excluding ortho intramolecular Hbond substituents is 1. The Hall–Kier alpha value is -3.81. The summed E-state index contributed by atoms with van der Waals surface area (Å²) in [4.78, 5) is 51.6. The average molecular weight is 760 g/mol. The minimum Gasteiger partial charge on any atom is -0.508 e. The molecular weight excluding hydrogens is 702 g/mol. The van der Waals surface area contributed by atoms with Gasteiger partial charge in [0.05, 0.1) is 13.2 Å². The van der Waals surface area contributed by atoms with Crippen LogP contribution >= 0.6 is 0 Å². The minimum atomic E-state index is -1.39. The summed E-state index contributed by atoms with van der Waals surface area (Å²) in [6.07, 6.45) is 10.3. The largest absolute Gasteiger partial charge is 0.508 e. The van der Waals surface area contributed by atoms with E-state index in [0.717, 1.165) is 55.2 Å². The molecule has 2 aromatic carbocycles. The van der Waals surface area contributed by atoms with Gasteiger partial charge < -0.3 is 34.6 Å². The highest BCUT2D eigenvalue weighted by Gasteiger charge is 2.77. The molecule has 2 aromatic rings. The summed E-state index contributed by atoms with van der Waals surface area (Å²) in [5, 5.41) is 24.1. The van der Waals surface area contributed by atoms with Crippen LogP contribution in [0.2, 0.25) is 0 Å². The number of likely N-dealkylation sites (tertiary alicyclic amines) is 1. The van der Waals surface area contributed by atoms with Gasteiger partial charge in [-0.3, -0.25) is 19.2 Å². The van der Waals surface area contributed by atoms with E-state index < -0.39 is 53.7 Å². The SMILES string of the molecule is CCCCCC1(CCCCC)OC2C3CC4(C(=O)N5CCCC5C(=O)NCCO)C(ON(Cc5ccccc5C=CCc5ccccc5O)C4C(=O)O3)C2O1. The molecular formula is C43H57N3O9. The molecule has 298 valence electrons. The first kappa shape index (κ1) is 39.4. The molecule has 55 heavy (non-hydrogen) atoms. The van der Waals surface area contributed by atoms with Crippen molar-refractivity contribution in [1.82, 2.24) is 15.3 Å². The number of hydroxylamine groups is 2. The molecule has 7 rings (SSSR count). The van der Waals surface area contributed by atoms with E-state index in [1.54, 1.807) is 22.1 Å². The second kappa shape index (κ2) is 17.1. The van der Waals surface area contributed by atoms with Crippen molar-refractivity contribution in [2.45, 2.75) is 140 Å². The van der Waals surface area contributed by atoms with E-state index in [1.165, 1.54) is 0 Å². The van der Waals surface area contributed by atoms with Gasteiger partial charge in [-0.2, -0.15) is 5.06 Å². The molecule has 4 aliphatic heterocycles. The lowest BCUT2D eigenvalue weighted by Crippen LogP contribution is -2.70. The van der Waals surface area contributed by atoms with Crippen molar-refractivity contribution in [2.24, 2.45) is 5.41 Å². The fourth-order valence-electron chi connectivity index (χ4n) is 9.53. The minimum absolute atomic E-state index is 0.0898. The number of nitrogens with zero attached hydrogens (tertiary/aromatic N) is 2. The normalized spacial score (nSPS) is 29.4. The van der Waals surface area contributed by atoms with Crippen LogP contribution in [-0.2, 0) is 46.4 Å². The summed E-state index contributed by atoms with van der Waals surface area (Å²) in [7, 11) is 0. The third-order valence-electron chi connectivity index (χ3n) is 12.2. The third-order valence-corrected chi connectivity index (χ3v) is 12.2. The van der Waals surface area contributed by atoms with Gasteiger partial charge in [0.25, 0.3) is 0 Å². The van der Waals surface area contributed by atoms with E-state index >= 15 is 4.79 Å². The molecule has 0 aromatic heterocycles. The number of aromatic hydroxyl groups is 1. The van der Waals surface area contributed by atoms with Crippen LogP contribution in [0.1, 0.15) is 101 Å².